The third kappa shape index (κ3) is 6.47. The standard InChI is InChI=1S/C24H21N3O6/c1-16-12-20(27(30)31)13-17(2)23(16)32-15-22(28)26-25-14-18-8-10-21(11-9-18)33-24(29)19-6-4-3-5-7-19/h3-14H,15H2,1-2H3,(H,26,28)/b25-14-. The number of carbonyl (C=O) groups is 2. The first-order valence-corrected chi connectivity index (χ1v) is 9.91. The molecule has 9 heteroatoms. The van der Waals surface area contributed by atoms with E-state index in [1.165, 1.54) is 18.3 Å². The van der Waals surface area contributed by atoms with Crippen LogP contribution in [0.5, 0.6) is 11.5 Å². The van der Waals surface area contributed by atoms with E-state index in [1.807, 2.05) is 6.07 Å². The number of rotatable bonds is 8. The zero-order valence-corrected chi connectivity index (χ0v) is 18.0. The fraction of sp³-hybridized carbons (Fsp3) is 0.125. The van der Waals surface area contributed by atoms with Gasteiger partial charge in [-0.1, -0.05) is 18.2 Å². The minimum absolute atomic E-state index is 0.0350. The zero-order chi connectivity index (χ0) is 23.8. The lowest BCUT2D eigenvalue weighted by molar-refractivity contribution is -0.385. The number of nitro benzene ring substituents is 1. The van der Waals surface area contributed by atoms with Crippen LogP contribution in [-0.2, 0) is 4.79 Å². The Kier molecular flexibility index (Phi) is 7.48. The molecule has 0 radical (unpaired) electrons. The second-order valence-corrected chi connectivity index (χ2v) is 7.07. The minimum Gasteiger partial charge on any atom is -0.483 e. The Balaban J connectivity index is 1.49. The fourth-order valence-electron chi connectivity index (χ4n) is 2.97. The maximum absolute atomic E-state index is 12.1. The summed E-state index contributed by atoms with van der Waals surface area (Å²) in [5.41, 5.74) is 4.57. The predicted molar refractivity (Wildman–Crippen MR) is 122 cm³/mol. The van der Waals surface area contributed by atoms with Gasteiger partial charge in [0.05, 0.1) is 16.7 Å². The van der Waals surface area contributed by atoms with Crippen molar-refractivity contribution in [3.05, 3.63) is 99.1 Å². The van der Waals surface area contributed by atoms with Crippen molar-refractivity contribution in [3.63, 3.8) is 0 Å². The van der Waals surface area contributed by atoms with Gasteiger partial charge in [-0.3, -0.25) is 14.9 Å². The lowest BCUT2D eigenvalue weighted by atomic mass is 10.1. The molecule has 3 aromatic rings. The van der Waals surface area contributed by atoms with Gasteiger partial charge in [0.15, 0.2) is 6.61 Å². The van der Waals surface area contributed by atoms with Gasteiger partial charge in [-0.2, -0.15) is 5.10 Å². The van der Waals surface area contributed by atoms with Crippen LogP contribution in [-0.4, -0.2) is 29.6 Å². The largest absolute Gasteiger partial charge is 0.483 e. The van der Waals surface area contributed by atoms with Crippen LogP contribution in [0.4, 0.5) is 5.69 Å². The van der Waals surface area contributed by atoms with E-state index in [0.717, 1.165) is 0 Å². The van der Waals surface area contributed by atoms with E-state index < -0.39 is 16.8 Å². The third-order valence-corrected chi connectivity index (χ3v) is 4.51. The highest BCUT2D eigenvalue weighted by Gasteiger charge is 2.14. The monoisotopic (exact) mass is 447 g/mol. The lowest BCUT2D eigenvalue weighted by Gasteiger charge is -2.11. The number of nitrogens with one attached hydrogen (secondary N) is 1. The van der Waals surface area contributed by atoms with E-state index in [4.69, 9.17) is 9.47 Å². The molecule has 1 N–H and O–H groups in total. The predicted octanol–water partition coefficient (Wildman–Crippen LogP) is 3.96. The molecule has 0 spiro atoms. The summed E-state index contributed by atoms with van der Waals surface area (Å²) in [6, 6.07) is 18.0. The number of hydrogen-bond donors (Lipinski definition) is 1. The fourth-order valence-corrected chi connectivity index (χ4v) is 2.97. The Morgan fingerprint density at radius 3 is 2.27 bits per heavy atom. The molecule has 0 atom stereocenters. The van der Waals surface area contributed by atoms with Crippen LogP contribution in [0, 0.1) is 24.0 Å². The molecule has 0 aliphatic carbocycles. The average Bonchev–Trinajstić information content (AvgIpc) is 2.80. The van der Waals surface area contributed by atoms with Crippen molar-refractivity contribution >= 4 is 23.8 Å². The molecular weight excluding hydrogens is 426 g/mol. The van der Waals surface area contributed by atoms with Crippen LogP contribution >= 0.6 is 0 Å². The van der Waals surface area contributed by atoms with Crippen LogP contribution in [0.25, 0.3) is 0 Å². The van der Waals surface area contributed by atoms with Crippen LogP contribution in [0.15, 0.2) is 71.8 Å². The molecule has 3 rings (SSSR count). The van der Waals surface area contributed by atoms with Gasteiger partial charge in [0.25, 0.3) is 11.6 Å². The van der Waals surface area contributed by atoms with Crippen molar-refractivity contribution in [3.8, 4) is 11.5 Å². The quantitative estimate of drug-likeness (QED) is 0.183. The van der Waals surface area contributed by atoms with Gasteiger partial charge in [0.1, 0.15) is 11.5 Å². The number of esters is 1. The van der Waals surface area contributed by atoms with Gasteiger partial charge in [0, 0.05) is 12.1 Å². The molecule has 0 fully saturated rings. The summed E-state index contributed by atoms with van der Waals surface area (Å²) >= 11 is 0. The first-order chi connectivity index (χ1) is 15.8. The van der Waals surface area contributed by atoms with Crippen LogP contribution in [0.1, 0.15) is 27.0 Å². The van der Waals surface area contributed by atoms with Gasteiger partial charge in [-0.25, -0.2) is 10.2 Å². The number of hydrazone groups is 1. The normalized spacial score (nSPS) is 10.6. The molecule has 9 nitrogen and oxygen atoms in total. The van der Waals surface area contributed by atoms with Gasteiger partial charge in [-0.15, -0.1) is 0 Å². The molecule has 33 heavy (non-hydrogen) atoms. The number of hydrogen-bond acceptors (Lipinski definition) is 7. The SMILES string of the molecule is Cc1cc([N+](=O)[O-])cc(C)c1OCC(=O)N/N=C\c1ccc(OC(=O)c2ccccc2)cc1. The minimum atomic E-state index is -0.489. The maximum atomic E-state index is 12.1. The van der Waals surface area contributed by atoms with Gasteiger partial charge in [-0.05, 0) is 66.9 Å². The van der Waals surface area contributed by atoms with Crippen molar-refractivity contribution in [1.29, 1.82) is 0 Å². The summed E-state index contributed by atoms with van der Waals surface area (Å²) in [5.74, 6) is -0.146. The summed E-state index contributed by atoms with van der Waals surface area (Å²) < 4.78 is 10.8. The number of non-ortho nitro benzene ring substituents is 1. The van der Waals surface area contributed by atoms with Crippen molar-refractivity contribution in [2.75, 3.05) is 6.61 Å². The summed E-state index contributed by atoms with van der Waals surface area (Å²) in [6.45, 7) is 3.05. The van der Waals surface area contributed by atoms with Gasteiger partial charge < -0.3 is 9.47 Å². The molecule has 168 valence electrons. The Hall–Kier alpha value is -4.53. The summed E-state index contributed by atoms with van der Waals surface area (Å²) in [6.07, 6.45) is 1.43. The summed E-state index contributed by atoms with van der Waals surface area (Å²) in [7, 11) is 0. The van der Waals surface area contributed by atoms with E-state index in [9.17, 15) is 19.7 Å². The molecule has 0 unspecified atom stereocenters. The number of nitro groups is 1. The Bertz CT molecular complexity index is 1170. The zero-order valence-electron chi connectivity index (χ0n) is 18.0. The first-order valence-electron chi connectivity index (χ1n) is 9.91. The van der Waals surface area contributed by atoms with Crippen molar-refractivity contribution in [1.82, 2.24) is 5.43 Å². The topological polar surface area (TPSA) is 120 Å². The maximum Gasteiger partial charge on any atom is 0.343 e. The highest BCUT2D eigenvalue weighted by Crippen LogP contribution is 2.28. The Morgan fingerprint density at radius 1 is 1.03 bits per heavy atom. The van der Waals surface area contributed by atoms with E-state index in [-0.39, 0.29) is 12.3 Å². The molecule has 0 saturated heterocycles. The summed E-state index contributed by atoms with van der Waals surface area (Å²) in [5, 5.41) is 14.8. The molecule has 0 heterocycles. The molecule has 3 aromatic carbocycles. The van der Waals surface area contributed by atoms with Crippen LogP contribution < -0.4 is 14.9 Å². The molecule has 0 bridgehead atoms. The number of aryl methyl sites for hydroxylation is 2. The van der Waals surface area contributed by atoms with E-state index >= 15 is 0 Å². The average molecular weight is 447 g/mol. The molecule has 0 aromatic heterocycles. The number of carbonyl (C=O) groups excluding carboxylic acids is 2. The highest BCUT2D eigenvalue weighted by atomic mass is 16.6. The molecule has 0 saturated carbocycles. The highest BCUT2D eigenvalue weighted by molar-refractivity contribution is 5.91. The van der Waals surface area contributed by atoms with E-state index in [1.54, 1.807) is 62.4 Å². The second kappa shape index (κ2) is 10.7. The van der Waals surface area contributed by atoms with Gasteiger partial charge >= 0.3 is 5.97 Å². The molecule has 1 amide bonds. The number of amides is 1. The first kappa shape index (κ1) is 23.1. The Morgan fingerprint density at radius 2 is 1.67 bits per heavy atom. The lowest BCUT2D eigenvalue weighted by Crippen LogP contribution is -2.25. The van der Waals surface area contributed by atoms with E-state index in [0.29, 0.717) is 33.8 Å². The van der Waals surface area contributed by atoms with Crippen LogP contribution in [0.2, 0.25) is 0 Å². The molecule has 0 aliphatic heterocycles. The Labute approximate surface area is 189 Å². The smallest absolute Gasteiger partial charge is 0.343 e. The van der Waals surface area contributed by atoms with Gasteiger partial charge in [0.2, 0.25) is 0 Å². The number of ether oxygens (including phenoxy) is 2. The van der Waals surface area contributed by atoms with Crippen molar-refractivity contribution in [2.24, 2.45) is 5.10 Å². The van der Waals surface area contributed by atoms with Crippen LogP contribution in [0.3, 0.4) is 0 Å². The molecular formula is C24H21N3O6. The third-order valence-electron chi connectivity index (χ3n) is 4.51. The number of nitrogens with zero attached hydrogens (tertiary/aromatic N) is 2. The number of benzene rings is 3. The molecule has 0 aliphatic rings. The second-order valence-electron chi connectivity index (χ2n) is 7.07. The van der Waals surface area contributed by atoms with E-state index in [2.05, 4.69) is 10.5 Å². The van der Waals surface area contributed by atoms with Crippen molar-refractivity contribution < 1.29 is 24.0 Å². The summed E-state index contributed by atoms with van der Waals surface area (Å²) in [4.78, 5) is 34.5. The van der Waals surface area contributed by atoms with Crippen molar-refractivity contribution in [2.45, 2.75) is 13.8 Å².